The monoisotopic (exact) mass is 326 g/mol. The number of hydrogen-bond acceptors (Lipinski definition) is 3. The topological polar surface area (TPSA) is 35.5 Å². The van der Waals surface area contributed by atoms with Crippen molar-refractivity contribution in [3.8, 4) is 5.75 Å². The molecule has 0 N–H and O–H groups in total. The summed E-state index contributed by atoms with van der Waals surface area (Å²) in [5.41, 5.74) is 3.89. The highest BCUT2D eigenvalue weighted by atomic mass is 16.5. The molecule has 0 radical (unpaired) electrons. The number of hydrogen-bond donors (Lipinski definition) is 0. The number of carbonyl (C=O) groups excluding carboxylic acids is 1. The summed E-state index contributed by atoms with van der Waals surface area (Å²) in [4.78, 5) is 12.2. The Morgan fingerprint density at radius 1 is 1.25 bits per heavy atom. The molecular weight excluding hydrogens is 300 g/mol. The van der Waals surface area contributed by atoms with E-state index in [4.69, 9.17) is 9.47 Å². The van der Waals surface area contributed by atoms with Crippen molar-refractivity contribution in [1.82, 2.24) is 0 Å². The van der Waals surface area contributed by atoms with Crippen molar-refractivity contribution >= 4 is 5.97 Å². The van der Waals surface area contributed by atoms with Gasteiger partial charge in [0.2, 0.25) is 0 Å². The number of fused-ring (bicyclic) bond motifs is 5. The normalized spacial score (nSPS) is 33.8. The Kier molecular flexibility index (Phi) is 3.70. The predicted octanol–water partition coefficient (Wildman–Crippen LogP) is 4.26. The third kappa shape index (κ3) is 2.13. The summed E-state index contributed by atoms with van der Waals surface area (Å²) in [5.74, 6) is 2.70. The summed E-state index contributed by atoms with van der Waals surface area (Å²) in [6, 6.07) is 6.59. The zero-order valence-corrected chi connectivity index (χ0v) is 14.8. The summed E-state index contributed by atoms with van der Waals surface area (Å²) in [7, 11) is 3.23. The van der Waals surface area contributed by atoms with Gasteiger partial charge >= 0.3 is 5.97 Å². The number of aryl methyl sites for hydroxylation is 1. The van der Waals surface area contributed by atoms with Crippen molar-refractivity contribution in [2.45, 2.75) is 44.9 Å². The summed E-state index contributed by atoms with van der Waals surface area (Å²) in [6.45, 7) is 2.28. The Morgan fingerprint density at radius 2 is 2.08 bits per heavy atom. The molecule has 3 aliphatic carbocycles. The average Bonchev–Trinajstić information content (AvgIpc) is 2.97. The molecule has 3 heteroatoms. The Balaban J connectivity index is 1.65. The van der Waals surface area contributed by atoms with Crippen LogP contribution in [0.3, 0.4) is 0 Å². The maximum absolute atomic E-state index is 12.2. The molecule has 1 aromatic carbocycles. The summed E-state index contributed by atoms with van der Waals surface area (Å²) in [5, 5.41) is 0. The van der Waals surface area contributed by atoms with E-state index in [1.54, 1.807) is 7.11 Å². The maximum Gasteiger partial charge on any atom is 0.333 e. The lowest BCUT2D eigenvalue weighted by molar-refractivity contribution is -0.138. The molecule has 1 saturated carbocycles. The number of esters is 1. The highest BCUT2D eigenvalue weighted by Crippen LogP contribution is 2.61. The number of ether oxygens (including phenoxy) is 2. The van der Waals surface area contributed by atoms with E-state index in [0.29, 0.717) is 17.8 Å². The molecule has 24 heavy (non-hydrogen) atoms. The SMILES string of the molecule is COC(=O)C1=CC[C@H]2[C@@H]3CCc4cc(OC)ccc4[C@H]3CC[C@]12C. The third-order valence-corrected chi connectivity index (χ3v) is 6.92. The van der Waals surface area contributed by atoms with E-state index in [2.05, 4.69) is 31.2 Å². The van der Waals surface area contributed by atoms with Crippen molar-refractivity contribution in [3.63, 3.8) is 0 Å². The van der Waals surface area contributed by atoms with Crippen LogP contribution in [0.1, 0.15) is 49.7 Å². The quantitative estimate of drug-likeness (QED) is 0.762. The first kappa shape index (κ1) is 15.7. The van der Waals surface area contributed by atoms with E-state index < -0.39 is 0 Å². The van der Waals surface area contributed by atoms with Crippen LogP contribution in [0.25, 0.3) is 0 Å². The van der Waals surface area contributed by atoms with E-state index in [0.717, 1.165) is 37.0 Å². The van der Waals surface area contributed by atoms with Gasteiger partial charge in [0.1, 0.15) is 5.75 Å². The molecule has 0 spiro atoms. The number of rotatable bonds is 2. The zero-order chi connectivity index (χ0) is 16.9. The van der Waals surface area contributed by atoms with Gasteiger partial charge in [-0.3, -0.25) is 0 Å². The zero-order valence-electron chi connectivity index (χ0n) is 14.8. The van der Waals surface area contributed by atoms with Crippen molar-refractivity contribution in [2.24, 2.45) is 17.3 Å². The molecule has 0 amide bonds. The third-order valence-electron chi connectivity index (χ3n) is 6.92. The molecule has 3 aliphatic rings. The van der Waals surface area contributed by atoms with Gasteiger partial charge in [0.25, 0.3) is 0 Å². The van der Waals surface area contributed by atoms with Gasteiger partial charge in [-0.1, -0.05) is 19.1 Å². The fourth-order valence-electron chi connectivity index (χ4n) is 5.68. The first-order valence-electron chi connectivity index (χ1n) is 9.04. The van der Waals surface area contributed by atoms with E-state index in [1.165, 1.54) is 24.7 Å². The first-order valence-corrected chi connectivity index (χ1v) is 9.04. The molecule has 0 unspecified atom stereocenters. The van der Waals surface area contributed by atoms with Crippen molar-refractivity contribution in [3.05, 3.63) is 41.0 Å². The lowest BCUT2D eigenvalue weighted by Crippen LogP contribution is -2.42. The van der Waals surface area contributed by atoms with Crippen LogP contribution in [-0.4, -0.2) is 20.2 Å². The second-order valence-corrected chi connectivity index (χ2v) is 7.78. The Morgan fingerprint density at radius 3 is 2.83 bits per heavy atom. The van der Waals surface area contributed by atoms with Gasteiger partial charge in [-0.25, -0.2) is 4.79 Å². The number of benzene rings is 1. The fourth-order valence-corrected chi connectivity index (χ4v) is 5.68. The highest BCUT2D eigenvalue weighted by molar-refractivity contribution is 5.90. The minimum absolute atomic E-state index is 0.00175. The van der Waals surface area contributed by atoms with Crippen LogP contribution in [0, 0.1) is 17.3 Å². The smallest absolute Gasteiger partial charge is 0.333 e. The van der Waals surface area contributed by atoms with E-state index in [9.17, 15) is 4.79 Å². The Labute approximate surface area is 144 Å². The maximum atomic E-state index is 12.2. The molecule has 0 saturated heterocycles. The summed E-state index contributed by atoms with van der Waals surface area (Å²) in [6.07, 6.45) is 7.74. The van der Waals surface area contributed by atoms with E-state index in [1.807, 2.05) is 0 Å². The van der Waals surface area contributed by atoms with Gasteiger partial charge in [-0.05, 0) is 73.1 Å². The lowest BCUT2D eigenvalue weighted by Gasteiger charge is -2.50. The van der Waals surface area contributed by atoms with Crippen LogP contribution in [0.15, 0.2) is 29.8 Å². The fraction of sp³-hybridized carbons (Fsp3) is 0.571. The van der Waals surface area contributed by atoms with E-state index in [-0.39, 0.29) is 11.4 Å². The Bertz CT molecular complexity index is 705. The van der Waals surface area contributed by atoms with Crippen molar-refractivity contribution < 1.29 is 14.3 Å². The standard InChI is InChI=1S/C21H26O3/c1-21-11-10-16-15-7-5-14(23-2)12-13(15)4-6-17(16)18(21)8-9-19(21)20(22)24-3/h5,7,9,12,16-18H,4,6,8,10-11H2,1-3H3/t16-,17-,18+,21+/m1/s1. The minimum Gasteiger partial charge on any atom is -0.497 e. The minimum atomic E-state index is -0.126. The van der Waals surface area contributed by atoms with Gasteiger partial charge in [0.15, 0.2) is 0 Å². The van der Waals surface area contributed by atoms with Crippen LogP contribution < -0.4 is 4.74 Å². The average molecular weight is 326 g/mol. The van der Waals surface area contributed by atoms with Gasteiger partial charge < -0.3 is 9.47 Å². The van der Waals surface area contributed by atoms with Gasteiger partial charge in [-0.15, -0.1) is 0 Å². The van der Waals surface area contributed by atoms with Crippen molar-refractivity contribution in [2.75, 3.05) is 14.2 Å². The van der Waals surface area contributed by atoms with Crippen LogP contribution in [0.5, 0.6) is 5.75 Å². The van der Waals surface area contributed by atoms with Gasteiger partial charge in [0.05, 0.1) is 14.2 Å². The second kappa shape index (κ2) is 5.65. The molecule has 0 bridgehead atoms. The summed E-state index contributed by atoms with van der Waals surface area (Å²) < 4.78 is 10.4. The van der Waals surface area contributed by atoms with Crippen molar-refractivity contribution in [1.29, 1.82) is 0 Å². The first-order chi connectivity index (χ1) is 11.6. The van der Waals surface area contributed by atoms with E-state index >= 15 is 0 Å². The molecule has 0 aliphatic heterocycles. The number of allylic oxidation sites excluding steroid dienone is 1. The molecular formula is C21H26O3. The molecule has 128 valence electrons. The molecule has 4 rings (SSSR count). The van der Waals surface area contributed by atoms with Crippen LogP contribution >= 0.6 is 0 Å². The highest BCUT2D eigenvalue weighted by Gasteiger charge is 2.53. The van der Waals surface area contributed by atoms with Crippen LogP contribution in [0.4, 0.5) is 0 Å². The lowest BCUT2D eigenvalue weighted by atomic mass is 9.54. The molecule has 1 fully saturated rings. The Hall–Kier alpha value is -1.77. The largest absolute Gasteiger partial charge is 0.497 e. The number of methoxy groups -OCH3 is 2. The molecule has 0 aromatic heterocycles. The van der Waals surface area contributed by atoms with Gasteiger partial charge in [-0.2, -0.15) is 0 Å². The van der Waals surface area contributed by atoms with Crippen LogP contribution in [0.2, 0.25) is 0 Å². The number of carbonyl (C=O) groups is 1. The molecule has 3 nitrogen and oxygen atoms in total. The molecule has 4 atom stereocenters. The van der Waals surface area contributed by atoms with Crippen LogP contribution in [-0.2, 0) is 16.0 Å². The molecule has 0 heterocycles. The molecule has 1 aromatic rings. The second-order valence-electron chi connectivity index (χ2n) is 7.78. The predicted molar refractivity (Wildman–Crippen MR) is 93.1 cm³/mol. The summed E-state index contributed by atoms with van der Waals surface area (Å²) >= 11 is 0. The van der Waals surface area contributed by atoms with Gasteiger partial charge in [0, 0.05) is 11.0 Å².